The van der Waals surface area contributed by atoms with Gasteiger partial charge in [-0.05, 0) is 0 Å². The molecule has 0 saturated heterocycles. The standard InChI is InChI=1S/C6H13.Y/c1-4-6(3)5-2;/h4,6H,5H2,1-3H3;/q-1;. The normalized spacial score (nSPS) is 12.4. The Morgan fingerprint density at radius 3 is 2.00 bits per heavy atom. The minimum atomic E-state index is 0. The molecule has 0 nitrogen and oxygen atoms in total. The number of hydrogen-bond acceptors (Lipinski definition) is 0. The maximum atomic E-state index is 2.22. The maximum absolute atomic E-state index is 2.22. The first-order chi connectivity index (χ1) is 2.81. The molecule has 0 N–H and O–H groups in total. The van der Waals surface area contributed by atoms with Crippen LogP contribution in [0.25, 0.3) is 0 Å². The molecule has 0 aliphatic rings. The molecular weight excluding hydrogens is 161 g/mol. The van der Waals surface area contributed by atoms with E-state index in [9.17, 15) is 0 Å². The third-order valence-electron chi connectivity index (χ3n) is 1.21. The van der Waals surface area contributed by atoms with Crippen molar-refractivity contribution in [1.82, 2.24) is 0 Å². The number of hydrogen-bond donors (Lipinski definition) is 0. The molecule has 0 rings (SSSR count). The summed E-state index contributed by atoms with van der Waals surface area (Å²) in [5, 5.41) is 0. The van der Waals surface area contributed by atoms with E-state index in [4.69, 9.17) is 0 Å². The van der Waals surface area contributed by atoms with Gasteiger partial charge in [0.05, 0.1) is 0 Å². The molecule has 1 atom stereocenters. The van der Waals surface area contributed by atoms with Gasteiger partial charge in [0, 0.05) is 32.7 Å². The Bertz CT molecular complexity index is 23.4. The molecule has 0 fully saturated rings. The van der Waals surface area contributed by atoms with Crippen molar-refractivity contribution in [3.63, 3.8) is 0 Å². The first kappa shape index (κ1) is 11.0. The van der Waals surface area contributed by atoms with E-state index >= 15 is 0 Å². The molecule has 0 saturated carbocycles. The van der Waals surface area contributed by atoms with Gasteiger partial charge in [-0.25, -0.2) is 0 Å². The van der Waals surface area contributed by atoms with Crippen molar-refractivity contribution < 1.29 is 32.7 Å². The van der Waals surface area contributed by atoms with Crippen LogP contribution in [-0.4, -0.2) is 0 Å². The molecule has 0 aliphatic carbocycles. The molecule has 7 heavy (non-hydrogen) atoms. The summed E-state index contributed by atoms with van der Waals surface area (Å²) < 4.78 is 0. The molecular formula is C6H13Y-. The molecule has 1 heteroatoms. The van der Waals surface area contributed by atoms with Gasteiger partial charge < -0.3 is 6.42 Å². The van der Waals surface area contributed by atoms with Gasteiger partial charge in [-0.15, -0.1) is 0 Å². The Labute approximate surface area is 71.9 Å². The quantitative estimate of drug-likeness (QED) is 0.563. The van der Waals surface area contributed by atoms with Crippen LogP contribution in [0.5, 0.6) is 0 Å². The van der Waals surface area contributed by atoms with Gasteiger partial charge in [-0.3, -0.25) is 0 Å². The first-order valence-electron chi connectivity index (χ1n) is 2.60. The van der Waals surface area contributed by atoms with Crippen molar-refractivity contribution in [1.29, 1.82) is 0 Å². The minimum Gasteiger partial charge on any atom is -0.329 e. The topological polar surface area (TPSA) is 0 Å². The van der Waals surface area contributed by atoms with Gasteiger partial charge in [-0.1, -0.05) is 20.3 Å². The number of rotatable bonds is 2. The predicted octanol–water partition coefficient (Wildman–Crippen LogP) is 2.25. The van der Waals surface area contributed by atoms with Gasteiger partial charge in [0.1, 0.15) is 0 Å². The molecule has 0 aromatic rings. The van der Waals surface area contributed by atoms with Crippen LogP contribution in [-0.2, 0) is 32.7 Å². The fraction of sp³-hybridized carbons (Fsp3) is 0.833. The van der Waals surface area contributed by atoms with Crippen LogP contribution in [0, 0.1) is 12.3 Å². The smallest absolute Gasteiger partial charge is 0 e. The third-order valence-corrected chi connectivity index (χ3v) is 1.21. The minimum absolute atomic E-state index is 0. The maximum Gasteiger partial charge on any atom is 0 e. The Morgan fingerprint density at radius 2 is 2.00 bits per heavy atom. The zero-order valence-electron chi connectivity index (χ0n) is 5.44. The van der Waals surface area contributed by atoms with Crippen molar-refractivity contribution in [3.05, 3.63) is 6.42 Å². The Balaban J connectivity index is 0. The average molecular weight is 174 g/mol. The molecule has 0 heterocycles. The van der Waals surface area contributed by atoms with Crippen LogP contribution in [0.2, 0.25) is 0 Å². The van der Waals surface area contributed by atoms with Crippen LogP contribution in [0.1, 0.15) is 27.2 Å². The summed E-state index contributed by atoms with van der Waals surface area (Å²) in [4.78, 5) is 0. The second kappa shape index (κ2) is 7.10. The molecule has 0 aromatic carbocycles. The van der Waals surface area contributed by atoms with Gasteiger partial charge in [0.25, 0.3) is 0 Å². The monoisotopic (exact) mass is 174 g/mol. The molecule has 1 unspecified atom stereocenters. The summed E-state index contributed by atoms with van der Waals surface area (Å²) in [5.41, 5.74) is 0. The largest absolute Gasteiger partial charge is 0.329 e. The molecule has 0 amide bonds. The summed E-state index contributed by atoms with van der Waals surface area (Å²) in [5.74, 6) is 0.810. The Hall–Kier alpha value is 1.10. The molecule has 0 bridgehead atoms. The van der Waals surface area contributed by atoms with Crippen molar-refractivity contribution in [2.24, 2.45) is 5.92 Å². The third kappa shape index (κ3) is 7.10. The Kier molecular flexibility index (Phi) is 11.1. The second-order valence-corrected chi connectivity index (χ2v) is 1.72. The van der Waals surface area contributed by atoms with Crippen molar-refractivity contribution in [2.75, 3.05) is 0 Å². The van der Waals surface area contributed by atoms with Crippen LogP contribution in [0.4, 0.5) is 0 Å². The fourth-order valence-corrected chi connectivity index (χ4v) is 0.236. The van der Waals surface area contributed by atoms with E-state index in [-0.39, 0.29) is 32.7 Å². The summed E-state index contributed by atoms with van der Waals surface area (Å²) in [7, 11) is 0. The van der Waals surface area contributed by atoms with Crippen LogP contribution >= 0.6 is 0 Å². The van der Waals surface area contributed by atoms with Gasteiger partial charge in [0.2, 0.25) is 0 Å². The summed E-state index contributed by atoms with van der Waals surface area (Å²) in [6.45, 7) is 6.53. The van der Waals surface area contributed by atoms with Gasteiger partial charge >= 0.3 is 0 Å². The van der Waals surface area contributed by atoms with E-state index in [2.05, 4.69) is 27.2 Å². The second-order valence-electron chi connectivity index (χ2n) is 1.72. The zero-order chi connectivity index (χ0) is 4.99. The first-order valence-corrected chi connectivity index (χ1v) is 2.60. The summed E-state index contributed by atoms with van der Waals surface area (Å²) >= 11 is 0. The van der Waals surface area contributed by atoms with Gasteiger partial charge in [0.15, 0.2) is 0 Å². The SMILES string of the molecule is C[CH-]C(C)CC.[Y]. The fourth-order valence-electron chi connectivity index (χ4n) is 0.236. The Morgan fingerprint density at radius 1 is 1.57 bits per heavy atom. The zero-order valence-corrected chi connectivity index (χ0v) is 8.28. The molecule has 0 aromatic heterocycles. The molecule has 1 radical (unpaired) electrons. The van der Waals surface area contributed by atoms with Gasteiger partial charge in [-0.2, -0.15) is 12.8 Å². The van der Waals surface area contributed by atoms with Crippen molar-refractivity contribution >= 4 is 0 Å². The van der Waals surface area contributed by atoms with E-state index in [1.807, 2.05) is 0 Å². The van der Waals surface area contributed by atoms with Crippen molar-refractivity contribution in [3.8, 4) is 0 Å². The van der Waals surface area contributed by atoms with E-state index < -0.39 is 0 Å². The van der Waals surface area contributed by atoms with E-state index in [1.165, 1.54) is 6.42 Å². The van der Waals surface area contributed by atoms with E-state index in [0.29, 0.717) is 0 Å². The average Bonchev–Trinajstić information content (AvgIpc) is 1.65. The summed E-state index contributed by atoms with van der Waals surface area (Å²) in [6, 6.07) is 0. The van der Waals surface area contributed by atoms with Crippen LogP contribution in [0.15, 0.2) is 0 Å². The van der Waals surface area contributed by atoms with Crippen LogP contribution < -0.4 is 0 Å². The predicted molar refractivity (Wildman–Crippen MR) is 29.4 cm³/mol. The molecule has 0 aliphatic heterocycles. The van der Waals surface area contributed by atoms with Crippen molar-refractivity contribution in [2.45, 2.75) is 27.2 Å². The molecule has 0 spiro atoms. The van der Waals surface area contributed by atoms with E-state index in [0.717, 1.165) is 5.92 Å². The van der Waals surface area contributed by atoms with E-state index in [1.54, 1.807) is 0 Å². The summed E-state index contributed by atoms with van der Waals surface area (Å²) in [6.07, 6.45) is 3.50. The molecule has 41 valence electrons. The van der Waals surface area contributed by atoms with Crippen LogP contribution in [0.3, 0.4) is 0 Å².